The van der Waals surface area contributed by atoms with Crippen molar-refractivity contribution in [2.75, 3.05) is 32.8 Å². The van der Waals surface area contributed by atoms with Crippen molar-refractivity contribution < 1.29 is 17.9 Å². The van der Waals surface area contributed by atoms with E-state index >= 15 is 0 Å². The first-order chi connectivity index (χ1) is 9.87. The Morgan fingerprint density at radius 3 is 2.38 bits per heavy atom. The molecule has 1 aliphatic carbocycles. The van der Waals surface area contributed by atoms with Crippen LogP contribution < -0.4 is 19.9 Å². The van der Waals surface area contributed by atoms with Gasteiger partial charge in [-0.15, -0.1) is 0 Å². The topological polar surface area (TPSA) is 90.6 Å². The van der Waals surface area contributed by atoms with Crippen LogP contribution in [0.1, 0.15) is 12.8 Å². The van der Waals surface area contributed by atoms with Crippen LogP contribution >= 0.6 is 11.8 Å². The number of rotatable bonds is 7. The van der Waals surface area contributed by atoms with Gasteiger partial charge in [-0.1, -0.05) is 0 Å². The first-order valence-corrected chi connectivity index (χ1v) is 9.14. The molecule has 0 atom stereocenters. The lowest BCUT2D eigenvalue weighted by Crippen LogP contribution is -2.32. The summed E-state index contributed by atoms with van der Waals surface area (Å²) in [5.74, 6) is 0.594. The number of nitrogens with one attached hydrogen (secondary N) is 1. The van der Waals surface area contributed by atoms with Crippen LogP contribution in [0.4, 0.5) is 5.69 Å². The van der Waals surface area contributed by atoms with Gasteiger partial charge < -0.3 is 15.2 Å². The average Bonchev–Trinajstić information content (AvgIpc) is 3.25. The minimum atomic E-state index is -3.68. The summed E-state index contributed by atoms with van der Waals surface area (Å²) in [6, 6.07) is 2.84. The number of hydrogen-bond donors (Lipinski definition) is 2. The van der Waals surface area contributed by atoms with Gasteiger partial charge in [0.1, 0.15) is 16.4 Å². The maximum atomic E-state index is 12.5. The second-order valence-corrected chi connectivity index (χ2v) is 7.97. The highest BCUT2D eigenvalue weighted by molar-refractivity contribution is 8.00. The molecule has 0 unspecified atom stereocenters. The van der Waals surface area contributed by atoms with E-state index < -0.39 is 10.0 Å². The number of ether oxygens (including phenoxy) is 2. The van der Waals surface area contributed by atoms with Gasteiger partial charge in [0.05, 0.1) is 19.9 Å². The monoisotopic (exact) mass is 332 g/mol. The van der Waals surface area contributed by atoms with Gasteiger partial charge in [-0.25, -0.2) is 13.1 Å². The normalized spacial score (nSPS) is 16.5. The zero-order chi connectivity index (χ0) is 15.7. The fourth-order valence-electron chi connectivity index (χ4n) is 2.00. The second kappa shape index (κ2) is 5.94. The van der Waals surface area contributed by atoms with Crippen LogP contribution in [0.3, 0.4) is 0 Å². The van der Waals surface area contributed by atoms with Crippen LogP contribution in [0.25, 0.3) is 0 Å². The lowest BCUT2D eigenvalue weighted by atomic mass is 10.3. The Bertz CT molecular complexity index is 627. The molecule has 0 aliphatic heterocycles. The zero-order valence-corrected chi connectivity index (χ0v) is 13.9. The van der Waals surface area contributed by atoms with Crippen molar-refractivity contribution in [2.45, 2.75) is 22.5 Å². The Kier molecular flexibility index (Phi) is 4.60. The summed E-state index contributed by atoms with van der Waals surface area (Å²) in [7, 11) is -0.802. The molecular formula is C13H20N2O4S2. The van der Waals surface area contributed by atoms with E-state index in [0.717, 1.165) is 12.8 Å². The molecule has 0 heterocycles. The molecule has 0 spiro atoms. The van der Waals surface area contributed by atoms with E-state index in [4.69, 9.17) is 15.2 Å². The van der Waals surface area contributed by atoms with E-state index in [1.54, 1.807) is 11.8 Å². The number of thioether (sulfide) groups is 1. The molecule has 1 fully saturated rings. The van der Waals surface area contributed by atoms with Gasteiger partial charge in [-0.3, -0.25) is 0 Å². The van der Waals surface area contributed by atoms with Crippen LogP contribution in [-0.2, 0) is 10.0 Å². The third-order valence-electron chi connectivity index (χ3n) is 3.63. The summed E-state index contributed by atoms with van der Waals surface area (Å²) in [5, 5.41) is 0. The molecule has 118 valence electrons. The van der Waals surface area contributed by atoms with Crippen molar-refractivity contribution >= 4 is 27.5 Å². The molecule has 0 amide bonds. The Labute approximate surface area is 129 Å². The summed E-state index contributed by atoms with van der Waals surface area (Å²) in [4.78, 5) is 0.0280. The number of sulfonamides is 1. The summed E-state index contributed by atoms with van der Waals surface area (Å²) < 4.78 is 37.8. The van der Waals surface area contributed by atoms with Gasteiger partial charge in [0.2, 0.25) is 10.0 Å². The predicted molar refractivity (Wildman–Crippen MR) is 84.6 cm³/mol. The van der Waals surface area contributed by atoms with Crippen molar-refractivity contribution in [1.82, 2.24) is 4.72 Å². The van der Waals surface area contributed by atoms with E-state index in [-0.39, 0.29) is 21.1 Å². The zero-order valence-electron chi connectivity index (χ0n) is 12.3. The highest BCUT2D eigenvalue weighted by atomic mass is 32.2. The predicted octanol–water partition coefficient (Wildman–Crippen LogP) is 1.46. The maximum absolute atomic E-state index is 12.5. The fraction of sp³-hybridized carbons (Fsp3) is 0.538. The minimum absolute atomic E-state index is 0.0280. The molecule has 3 N–H and O–H groups in total. The van der Waals surface area contributed by atoms with E-state index in [0.29, 0.717) is 12.3 Å². The molecule has 0 bridgehead atoms. The van der Waals surface area contributed by atoms with Gasteiger partial charge in [-0.05, 0) is 25.2 Å². The first kappa shape index (κ1) is 16.3. The summed E-state index contributed by atoms with van der Waals surface area (Å²) in [6.07, 6.45) is 4.05. The lowest BCUT2D eigenvalue weighted by Gasteiger charge is -2.16. The van der Waals surface area contributed by atoms with Crippen LogP contribution in [0.2, 0.25) is 0 Å². The molecule has 1 saturated carbocycles. The van der Waals surface area contributed by atoms with Crippen LogP contribution in [0.5, 0.6) is 11.5 Å². The number of benzene rings is 1. The molecule has 1 aromatic rings. The lowest BCUT2D eigenvalue weighted by molar-refractivity contribution is 0.387. The molecule has 0 saturated heterocycles. The Hall–Kier alpha value is -1.12. The van der Waals surface area contributed by atoms with Gasteiger partial charge in [-0.2, -0.15) is 11.8 Å². The number of hydrogen-bond acceptors (Lipinski definition) is 6. The first-order valence-electron chi connectivity index (χ1n) is 6.44. The molecule has 21 heavy (non-hydrogen) atoms. The van der Waals surface area contributed by atoms with Crippen LogP contribution in [-0.4, -0.2) is 40.2 Å². The van der Waals surface area contributed by atoms with Crippen LogP contribution in [0.15, 0.2) is 17.0 Å². The summed E-state index contributed by atoms with van der Waals surface area (Å²) >= 11 is 1.69. The van der Waals surface area contributed by atoms with Gasteiger partial charge in [0.25, 0.3) is 0 Å². The Balaban J connectivity index is 2.28. The van der Waals surface area contributed by atoms with Crippen molar-refractivity contribution in [3.8, 4) is 11.5 Å². The Morgan fingerprint density at radius 2 is 1.90 bits per heavy atom. The molecular weight excluding hydrogens is 312 g/mol. The fourth-order valence-corrected chi connectivity index (χ4v) is 4.13. The quantitative estimate of drug-likeness (QED) is 0.735. The highest BCUT2D eigenvalue weighted by Gasteiger charge is 2.42. The summed E-state index contributed by atoms with van der Waals surface area (Å²) in [5.41, 5.74) is 6.05. The van der Waals surface area contributed by atoms with E-state index in [2.05, 4.69) is 4.72 Å². The van der Waals surface area contributed by atoms with Crippen molar-refractivity contribution in [2.24, 2.45) is 0 Å². The average molecular weight is 332 g/mol. The summed E-state index contributed by atoms with van der Waals surface area (Å²) in [6.45, 7) is 0.408. The highest BCUT2D eigenvalue weighted by Crippen LogP contribution is 2.46. The SMILES string of the molecule is COc1cc(OC)c(S(=O)(=O)NCC2(SC)CC2)cc1N. The van der Waals surface area contributed by atoms with Crippen molar-refractivity contribution in [3.05, 3.63) is 12.1 Å². The number of nitrogens with two attached hydrogens (primary N) is 1. The van der Waals surface area contributed by atoms with Crippen molar-refractivity contribution in [3.63, 3.8) is 0 Å². The Morgan fingerprint density at radius 1 is 1.29 bits per heavy atom. The third kappa shape index (κ3) is 3.38. The maximum Gasteiger partial charge on any atom is 0.244 e. The molecule has 1 aromatic carbocycles. The van der Waals surface area contributed by atoms with Gasteiger partial charge in [0.15, 0.2) is 0 Å². The van der Waals surface area contributed by atoms with Gasteiger partial charge >= 0.3 is 0 Å². The molecule has 1 aliphatic rings. The van der Waals surface area contributed by atoms with E-state index in [1.807, 2.05) is 6.26 Å². The van der Waals surface area contributed by atoms with Gasteiger partial charge in [0, 0.05) is 17.4 Å². The second-order valence-electron chi connectivity index (χ2n) is 4.96. The molecule has 6 nitrogen and oxygen atoms in total. The standard InChI is InChI=1S/C13H20N2O4S2/c1-18-10-7-11(19-2)12(6-9(10)14)21(16,17)15-8-13(20-3)4-5-13/h6-7,15H,4-5,8,14H2,1-3H3. The largest absolute Gasteiger partial charge is 0.495 e. The van der Waals surface area contributed by atoms with Crippen LogP contribution in [0, 0.1) is 0 Å². The minimum Gasteiger partial charge on any atom is -0.495 e. The molecule has 8 heteroatoms. The van der Waals surface area contributed by atoms with E-state index in [9.17, 15) is 8.42 Å². The van der Waals surface area contributed by atoms with Crippen molar-refractivity contribution in [1.29, 1.82) is 0 Å². The number of nitrogen functional groups attached to an aromatic ring is 1. The number of anilines is 1. The molecule has 0 radical (unpaired) electrons. The molecule has 0 aromatic heterocycles. The number of methoxy groups -OCH3 is 2. The molecule has 2 rings (SSSR count). The smallest absolute Gasteiger partial charge is 0.244 e. The third-order valence-corrected chi connectivity index (χ3v) is 6.47. The van der Waals surface area contributed by atoms with E-state index in [1.165, 1.54) is 26.4 Å².